The SMILES string of the molecule is O=C(CCN=C1NS(=O)(=O)c2ccccc21)N1CCN(C(=O)c2cccc(F)c2)CC1. The molecule has 2 aromatic carbocycles. The van der Waals surface area contributed by atoms with E-state index in [1.807, 2.05) is 0 Å². The van der Waals surface area contributed by atoms with Crippen molar-refractivity contribution < 1.29 is 22.4 Å². The summed E-state index contributed by atoms with van der Waals surface area (Å²) in [5.41, 5.74) is 0.786. The number of hydrogen-bond donors (Lipinski definition) is 1. The number of hydrogen-bond acceptors (Lipinski definition) is 5. The zero-order valence-corrected chi connectivity index (χ0v) is 17.4. The van der Waals surface area contributed by atoms with Gasteiger partial charge in [-0.1, -0.05) is 18.2 Å². The maximum Gasteiger partial charge on any atom is 0.263 e. The van der Waals surface area contributed by atoms with E-state index in [1.165, 1.54) is 24.3 Å². The first-order valence-electron chi connectivity index (χ1n) is 9.84. The molecule has 0 aliphatic carbocycles. The maximum atomic E-state index is 13.3. The number of benzene rings is 2. The lowest BCUT2D eigenvalue weighted by molar-refractivity contribution is -0.132. The van der Waals surface area contributed by atoms with Gasteiger partial charge in [-0.3, -0.25) is 19.3 Å². The average Bonchev–Trinajstić information content (AvgIpc) is 3.03. The van der Waals surface area contributed by atoms with Crippen LogP contribution < -0.4 is 4.72 Å². The number of carbonyl (C=O) groups is 2. The van der Waals surface area contributed by atoms with E-state index < -0.39 is 15.8 Å². The van der Waals surface area contributed by atoms with Gasteiger partial charge in [0, 0.05) is 43.7 Å². The van der Waals surface area contributed by atoms with Crippen LogP contribution in [0, 0.1) is 5.82 Å². The molecule has 0 spiro atoms. The summed E-state index contributed by atoms with van der Waals surface area (Å²) in [6, 6.07) is 12.1. The van der Waals surface area contributed by atoms with Crippen LogP contribution in [-0.4, -0.2) is 68.6 Å². The van der Waals surface area contributed by atoms with E-state index in [1.54, 1.807) is 34.1 Å². The highest BCUT2D eigenvalue weighted by molar-refractivity contribution is 7.90. The predicted octanol–water partition coefficient (Wildman–Crippen LogP) is 1.24. The Bertz CT molecular complexity index is 1160. The molecule has 8 nitrogen and oxygen atoms in total. The predicted molar refractivity (Wildman–Crippen MR) is 112 cm³/mol. The second kappa shape index (κ2) is 8.46. The van der Waals surface area contributed by atoms with Crippen LogP contribution >= 0.6 is 0 Å². The van der Waals surface area contributed by atoms with Crippen molar-refractivity contribution in [1.29, 1.82) is 0 Å². The Hall–Kier alpha value is -3.27. The molecule has 0 radical (unpaired) electrons. The number of fused-ring (bicyclic) bond motifs is 1. The molecule has 2 aliphatic heterocycles. The van der Waals surface area contributed by atoms with Gasteiger partial charge in [0.15, 0.2) is 0 Å². The van der Waals surface area contributed by atoms with E-state index in [0.29, 0.717) is 31.7 Å². The zero-order valence-electron chi connectivity index (χ0n) is 16.6. The molecule has 0 saturated carbocycles. The van der Waals surface area contributed by atoms with Crippen LogP contribution in [0.4, 0.5) is 4.39 Å². The normalized spacial score (nSPS) is 18.5. The number of nitrogens with zero attached hydrogens (tertiary/aromatic N) is 3. The first-order chi connectivity index (χ1) is 14.8. The Morgan fingerprint density at radius 1 is 1.00 bits per heavy atom. The Balaban J connectivity index is 1.30. The molecule has 0 unspecified atom stereocenters. The first-order valence-corrected chi connectivity index (χ1v) is 11.3. The van der Waals surface area contributed by atoms with Crippen LogP contribution in [0.5, 0.6) is 0 Å². The number of amides is 2. The van der Waals surface area contributed by atoms with Gasteiger partial charge in [0.25, 0.3) is 15.9 Å². The number of rotatable bonds is 4. The number of amidine groups is 1. The third kappa shape index (κ3) is 4.43. The smallest absolute Gasteiger partial charge is 0.263 e. The molecular formula is C21H21FN4O4S. The minimum atomic E-state index is -3.60. The van der Waals surface area contributed by atoms with Crippen molar-refractivity contribution in [2.45, 2.75) is 11.3 Å². The molecule has 31 heavy (non-hydrogen) atoms. The number of sulfonamides is 1. The molecule has 162 valence electrons. The number of aliphatic imine (C=N–C) groups is 1. The fourth-order valence-electron chi connectivity index (χ4n) is 3.64. The Morgan fingerprint density at radius 3 is 2.45 bits per heavy atom. The van der Waals surface area contributed by atoms with Gasteiger partial charge >= 0.3 is 0 Å². The molecule has 4 rings (SSSR count). The fraction of sp³-hybridized carbons (Fsp3) is 0.286. The summed E-state index contributed by atoms with van der Waals surface area (Å²) in [4.78, 5) is 32.7. The summed E-state index contributed by atoms with van der Waals surface area (Å²) >= 11 is 0. The van der Waals surface area contributed by atoms with Gasteiger partial charge in [-0.05, 0) is 30.3 Å². The highest BCUT2D eigenvalue weighted by Gasteiger charge is 2.30. The van der Waals surface area contributed by atoms with Crippen LogP contribution in [0.2, 0.25) is 0 Å². The molecule has 2 heterocycles. The number of carbonyl (C=O) groups excluding carboxylic acids is 2. The number of nitrogens with one attached hydrogen (secondary N) is 1. The Kier molecular flexibility index (Phi) is 5.73. The second-order valence-corrected chi connectivity index (χ2v) is 8.92. The molecule has 10 heteroatoms. The summed E-state index contributed by atoms with van der Waals surface area (Å²) in [7, 11) is -3.60. The molecule has 2 amide bonds. The summed E-state index contributed by atoms with van der Waals surface area (Å²) < 4.78 is 39.9. The lowest BCUT2D eigenvalue weighted by Crippen LogP contribution is -2.50. The largest absolute Gasteiger partial charge is 0.339 e. The topological polar surface area (TPSA) is 99.1 Å². The van der Waals surface area contributed by atoms with E-state index >= 15 is 0 Å². The third-order valence-electron chi connectivity index (χ3n) is 5.25. The molecule has 0 aromatic heterocycles. The Morgan fingerprint density at radius 2 is 1.71 bits per heavy atom. The van der Waals surface area contributed by atoms with E-state index in [4.69, 9.17) is 0 Å². The van der Waals surface area contributed by atoms with Crippen molar-refractivity contribution in [3.63, 3.8) is 0 Å². The minimum Gasteiger partial charge on any atom is -0.339 e. The maximum absolute atomic E-state index is 13.3. The van der Waals surface area contributed by atoms with Gasteiger partial charge in [0.1, 0.15) is 11.7 Å². The van der Waals surface area contributed by atoms with E-state index in [2.05, 4.69) is 9.71 Å². The minimum absolute atomic E-state index is 0.114. The summed E-state index contributed by atoms with van der Waals surface area (Å²) in [6.45, 7) is 1.64. The fourth-order valence-corrected chi connectivity index (χ4v) is 4.89. The number of halogens is 1. The van der Waals surface area contributed by atoms with Crippen LogP contribution in [-0.2, 0) is 14.8 Å². The van der Waals surface area contributed by atoms with Crippen molar-refractivity contribution in [3.8, 4) is 0 Å². The first kappa shape index (κ1) is 21.0. The third-order valence-corrected chi connectivity index (χ3v) is 6.65. The summed E-state index contributed by atoms with van der Waals surface area (Å²) in [6.07, 6.45) is 0.130. The van der Waals surface area contributed by atoms with Crippen LogP contribution in [0.1, 0.15) is 22.3 Å². The van der Waals surface area contributed by atoms with Gasteiger partial charge < -0.3 is 9.80 Å². The zero-order chi connectivity index (χ0) is 22.0. The van der Waals surface area contributed by atoms with E-state index in [-0.39, 0.29) is 41.1 Å². The highest BCUT2D eigenvalue weighted by atomic mass is 32.2. The van der Waals surface area contributed by atoms with Gasteiger partial charge in [0.2, 0.25) is 5.91 Å². The van der Waals surface area contributed by atoms with Crippen molar-refractivity contribution in [2.75, 3.05) is 32.7 Å². The van der Waals surface area contributed by atoms with Crippen molar-refractivity contribution in [2.24, 2.45) is 4.99 Å². The van der Waals surface area contributed by atoms with Crippen molar-refractivity contribution in [1.82, 2.24) is 14.5 Å². The van der Waals surface area contributed by atoms with Crippen LogP contribution in [0.3, 0.4) is 0 Å². The molecular weight excluding hydrogens is 423 g/mol. The summed E-state index contributed by atoms with van der Waals surface area (Å²) in [5, 5.41) is 0. The lowest BCUT2D eigenvalue weighted by Gasteiger charge is -2.34. The van der Waals surface area contributed by atoms with Crippen molar-refractivity contribution >= 4 is 27.7 Å². The molecule has 1 saturated heterocycles. The van der Waals surface area contributed by atoms with Gasteiger partial charge in [-0.2, -0.15) is 0 Å². The highest BCUT2D eigenvalue weighted by Crippen LogP contribution is 2.22. The van der Waals surface area contributed by atoms with Crippen LogP contribution in [0.15, 0.2) is 58.4 Å². The molecule has 2 aliphatic rings. The summed E-state index contributed by atoms with van der Waals surface area (Å²) in [5.74, 6) is -0.594. The van der Waals surface area contributed by atoms with Gasteiger partial charge in [-0.25, -0.2) is 12.8 Å². The van der Waals surface area contributed by atoms with E-state index in [9.17, 15) is 22.4 Å². The Labute approximate surface area is 179 Å². The monoisotopic (exact) mass is 444 g/mol. The molecule has 0 bridgehead atoms. The molecule has 1 N–H and O–H groups in total. The molecule has 2 aromatic rings. The quantitative estimate of drug-likeness (QED) is 0.767. The van der Waals surface area contributed by atoms with Gasteiger partial charge in [0.05, 0.1) is 11.4 Å². The average molecular weight is 444 g/mol. The molecule has 1 fully saturated rings. The molecule has 0 atom stereocenters. The van der Waals surface area contributed by atoms with Crippen LogP contribution in [0.25, 0.3) is 0 Å². The van der Waals surface area contributed by atoms with Gasteiger partial charge in [-0.15, -0.1) is 0 Å². The van der Waals surface area contributed by atoms with E-state index in [0.717, 1.165) is 0 Å². The standard InChI is InChI=1S/C21H21FN4O4S/c22-16-5-3-4-15(14-16)21(28)26-12-10-25(11-13-26)19(27)8-9-23-20-17-6-1-2-7-18(17)31(29,30)24-20/h1-7,14H,8-13H2,(H,23,24). The lowest BCUT2D eigenvalue weighted by atomic mass is 10.1. The number of piperazine rings is 1. The second-order valence-electron chi connectivity index (χ2n) is 7.27. The van der Waals surface area contributed by atoms with Crippen molar-refractivity contribution in [3.05, 3.63) is 65.5 Å².